The first-order chi connectivity index (χ1) is 18.6. The SMILES string of the molecule is CC(C)CC(NC(=O)C(Cc1ccccc1)NC(=O)C(Cc1ccc(O)cc1)NC(=O)C1CCCN1)C(=O)O. The fourth-order valence-corrected chi connectivity index (χ4v) is 4.55. The van der Waals surface area contributed by atoms with Gasteiger partial charge >= 0.3 is 5.97 Å². The Bertz CT molecular complexity index is 1120. The molecule has 10 nitrogen and oxygen atoms in total. The zero-order valence-electron chi connectivity index (χ0n) is 22.4. The number of phenolic OH excluding ortho intramolecular Hbond substituents is 1. The molecule has 1 fully saturated rings. The molecule has 39 heavy (non-hydrogen) atoms. The molecule has 0 aromatic heterocycles. The molecule has 3 amide bonds. The van der Waals surface area contributed by atoms with Crippen LogP contribution in [0.1, 0.15) is 44.2 Å². The highest BCUT2D eigenvalue weighted by atomic mass is 16.4. The van der Waals surface area contributed by atoms with E-state index in [4.69, 9.17) is 0 Å². The number of aliphatic carboxylic acids is 1. The molecule has 1 aliphatic rings. The molecule has 0 saturated carbocycles. The molecule has 0 radical (unpaired) electrons. The number of hydrogen-bond donors (Lipinski definition) is 6. The minimum atomic E-state index is -1.15. The molecule has 0 aliphatic carbocycles. The van der Waals surface area contributed by atoms with Gasteiger partial charge < -0.3 is 31.5 Å². The van der Waals surface area contributed by atoms with Crippen molar-refractivity contribution >= 4 is 23.7 Å². The maximum absolute atomic E-state index is 13.6. The number of aromatic hydroxyl groups is 1. The minimum Gasteiger partial charge on any atom is -0.508 e. The average molecular weight is 539 g/mol. The smallest absolute Gasteiger partial charge is 0.326 e. The second-order valence-electron chi connectivity index (χ2n) is 10.4. The highest BCUT2D eigenvalue weighted by Gasteiger charge is 2.32. The normalized spacial score (nSPS) is 17.2. The Morgan fingerprint density at radius 2 is 1.41 bits per heavy atom. The van der Waals surface area contributed by atoms with Crippen molar-refractivity contribution < 1.29 is 29.4 Å². The maximum Gasteiger partial charge on any atom is 0.326 e. The summed E-state index contributed by atoms with van der Waals surface area (Å²) in [5.74, 6) is -2.54. The molecule has 6 N–H and O–H groups in total. The number of carbonyl (C=O) groups is 4. The molecule has 0 spiro atoms. The fourth-order valence-electron chi connectivity index (χ4n) is 4.55. The Morgan fingerprint density at radius 1 is 0.846 bits per heavy atom. The number of hydrogen-bond acceptors (Lipinski definition) is 6. The zero-order chi connectivity index (χ0) is 28.4. The Hall–Kier alpha value is -3.92. The molecule has 210 valence electrons. The molecular weight excluding hydrogens is 500 g/mol. The van der Waals surface area contributed by atoms with Crippen LogP contribution in [0.15, 0.2) is 54.6 Å². The van der Waals surface area contributed by atoms with Crippen LogP contribution in [-0.4, -0.2) is 64.6 Å². The summed E-state index contributed by atoms with van der Waals surface area (Å²) in [4.78, 5) is 51.6. The quantitative estimate of drug-likeness (QED) is 0.226. The van der Waals surface area contributed by atoms with E-state index in [1.807, 2.05) is 44.2 Å². The lowest BCUT2D eigenvalue weighted by atomic mass is 10.0. The summed E-state index contributed by atoms with van der Waals surface area (Å²) in [6.45, 7) is 4.44. The molecule has 4 atom stereocenters. The van der Waals surface area contributed by atoms with Gasteiger partial charge in [0, 0.05) is 12.8 Å². The first-order valence-electron chi connectivity index (χ1n) is 13.3. The minimum absolute atomic E-state index is 0.0302. The Balaban J connectivity index is 1.82. The van der Waals surface area contributed by atoms with Crippen molar-refractivity contribution in [3.05, 3.63) is 65.7 Å². The van der Waals surface area contributed by atoms with Crippen molar-refractivity contribution in [3.8, 4) is 5.75 Å². The van der Waals surface area contributed by atoms with Crippen molar-refractivity contribution in [1.29, 1.82) is 0 Å². The van der Waals surface area contributed by atoms with E-state index < -0.39 is 42.0 Å². The third-order valence-corrected chi connectivity index (χ3v) is 6.62. The van der Waals surface area contributed by atoms with E-state index in [-0.39, 0.29) is 36.8 Å². The van der Waals surface area contributed by atoms with Crippen LogP contribution in [0.5, 0.6) is 5.75 Å². The summed E-state index contributed by atoms with van der Waals surface area (Å²) in [7, 11) is 0. The van der Waals surface area contributed by atoms with Crippen LogP contribution in [0.2, 0.25) is 0 Å². The number of nitrogens with one attached hydrogen (secondary N) is 4. The molecule has 1 heterocycles. The number of carboxylic acid groups (broad SMARTS) is 1. The van der Waals surface area contributed by atoms with Crippen molar-refractivity contribution in [1.82, 2.24) is 21.3 Å². The van der Waals surface area contributed by atoms with Gasteiger partial charge in [0.05, 0.1) is 6.04 Å². The van der Waals surface area contributed by atoms with Crippen LogP contribution in [0.3, 0.4) is 0 Å². The van der Waals surface area contributed by atoms with Gasteiger partial charge in [-0.15, -0.1) is 0 Å². The summed E-state index contributed by atoms with van der Waals surface area (Å²) in [5, 5.41) is 30.5. The number of phenols is 1. The number of carboxylic acids is 1. The fraction of sp³-hybridized carbons (Fsp3) is 0.448. The highest BCUT2D eigenvalue weighted by molar-refractivity contribution is 5.94. The number of carbonyl (C=O) groups excluding carboxylic acids is 3. The topological polar surface area (TPSA) is 157 Å². The molecule has 2 aromatic rings. The number of benzene rings is 2. The van der Waals surface area contributed by atoms with E-state index >= 15 is 0 Å². The Morgan fingerprint density at radius 3 is 1.95 bits per heavy atom. The van der Waals surface area contributed by atoms with Gasteiger partial charge in [0.15, 0.2) is 0 Å². The molecule has 0 bridgehead atoms. The first kappa shape index (κ1) is 29.6. The van der Waals surface area contributed by atoms with Crippen molar-refractivity contribution in [2.24, 2.45) is 5.92 Å². The van der Waals surface area contributed by atoms with Crippen LogP contribution in [-0.2, 0) is 32.0 Å². The molecule has 2 aromatic carbocycles. The molecular formula is C29H38N4O6. The lowest BCUT2D eigenvalue weighted by molar-refractivity contribution is -0.142. The third-order valence-electron chi connectivity index (χ3n) is 6.62. The van der Waals surface area contributed by atoms with Crippen molar-refractivity contribution in [2.45, 2.75) is 70.1 Å². The third kappa shape index (κ3) is 9.40. The lowest BCUT2D eigenvalue weighted by Crippen LogP contribution is -2.58. The van der Waals surface area contributed by atoms with E-state index in [1.54, 1.807) is 12.1 Å². The second-order valence-corrected chi connectivity index (χ2v) is 10.4. The molecule has 4 unspecified atom stereocenters. The molecule has 3 rings (SSSR count). The van der Waals surface area contributed by atoms with Gasteiger partial charge in [-0.3, -0.25) is 14.4 Å². The van der Waals surface area contributed by atoms with Gasteiger partial charge in [0.25, 0.3) is 0 Å². The number of rotatable bonds is 13. The average Bonchev–Trinajstić information content (AvgIpc) is 3.44. The van der Waals surface area contributed by atoms with Crippen LogP contribution in [0.25, 0.3) is 0 Å². The predicted molar refractivity (Wildman–Crippen MR) is 146 cm³/mol. The van der Waals surface area contributed by atoms with Crippen molar-refractivity contribution in [2.75, 3.05) is 6.54 Å². The first-order valence-corrected chi connectivity index (χ1v) is 13.3. The summed E-state index contributed by atoms with van der Waals surface area (Å²) in [6, 6.07) is 11.8. The monoisotopic (exact) mass is 538 g/mol. The van der Waals surface area contributed by atoms with Gasteiger partial charge in [-0.2, -0.15) is 0 Å². The molecule has 1 aliphatic heterocycles. The Labute approximate surface area is 228 Å². The van der Waals surface area contributed by atoms with E-state index in [9.17, 15) is 29.4 Å². The van der Waals surface area contributed by atoms with Gasteiger partial charge in [-0.25, -0.2) is 4.79 Å². The highest BCUT2D eigenvalue weighted by Crippen LogP contribution is 2.13. The lowest BCUT2D eigenvalue weighted by Gasteiger charge is -2.26. The summed E-state index contributed by atoms with van der Waals surface area (Å²) in [5.41, 5.74) is 1.49. The van der Waals surface area contributed by atoms with Crippen LogP contribution in [0.4, 0.5) is 0 Å². The van der Waals surface area contributed by atoms with E-state index in [0.717, 1.165) is 12.0 Å². The van der Waals surface area contributed by atoms with Crippen molar-refractivity contribution in [3.63, 3.8) is 0 Å². The van der Waals surface area contributed by atoms with Crippen LogP contribution >= 0.6 is 0 Å². The number of amides is 3. The van der Waals surface area contributed by atoms with E-state index in [2.05, 4.69) is 21.3 Å². The predicted octanol–water partition coefficient (Wildman–Crippen LogP) is 1.51. The van der Waals surface area contributed by atoms with E-state index in [0.29, 0.717) is 18.5 Å². The molecule has 1 saturated heterocycles. The van der Waals surface area contributed by atoms with Crippen LogP contribution < -0.4 is 21.3 Å². The largest absolute Gasteiger partial charge is 0.508 e. The van der Waals surface area contributed by atoms with Crippen LogP contribution in [0, 0.1) is 5.92 Å². The molecule has 10 heteroatoms. The second kappa shape index (κ2) is 14.3. The van der Waals surface area contributed by atoms with E-state index in [1.165, 1.54) is 12.1 Å². The van der Waals surface area contributed by atoms with Gasteiger partial charge in [0.2, 0.25) is 17.7 Å². The van der Waals surface area contributed by atoms with Gasteiger partial charge in [-0.1, -0.05) is 56.3 Å². The zero-order valence-corrected chi connectivity index (χ0v) is 22.4. The van der Waals surface area contributed by atoms with Gasteiger partial charge in [0.1, 0.15) is 23.9 Å². The maximum atomic E-state index is 13.6. The Kier molecular flexibility index (Phi) is 10.9. The van der Waals surface area contributed by atoms with Gasteiger partial charge in [-0.05, 0) is 55.0 Å². The standard InChI is InChI=1S/C29H38N4O6/c1-18(2)15-25(29(38)39)33-28(37)23(16-19-7-4-3-5-8-19)32-27(36)24(17-20-10-12-21(34)13-11-20)31-26(35)22-9-6-14-30-22/h3-5,7-8,10-13,18,22-25,30,34H,6,9,14-17H2,1-2H3,(H,31,35)(H,32,36)(H,33,37)(H,38,39). The summed E-state index contributed by atoms with van der Waals surface area (Å²) < 4.78 is 0. The summed E-state index contributed by atoms with van der Waals surface area (Å²) >= 11 is 0. The summed E-state index contributed by atoms with van der Waals surface area (Å²) in [6.07, 6.45) is 2.02.